The molecule has 0 unspecified atom stereocenters. The molecule has 1 aliphatic carbocycles. The zero-order chi connectivity index (χ0) is 11.8. The molecule has 88 valence electrons. The number of anilines is 1. The molecule has 4 heteroatoms. The van der Waals surface area contributed by atoms with Gasteiger partial charge in [0.15, 0.2) is 0 Å². The Morgan fingerprint density at radius 2 is 2.00 bits per heavy atom. The van der Waals surface area contributed by atoms with Crippen LogP contribution in [0.1, 0.15) is 24.0 Å². The minimum absolute atomic E-state index is 0.129. The summed E-state index contributed by atoms with van der Waals surface area (Å²) in [6.45, 7) is 0. The fourth-order valence-electron chi connectivity index (χ4n) is 2.50. The number of nitrogens with zero attached hydrogens (tertiary/aromatic N) is 1. The van der Waals surface area contributed by atoms with Gasteiger partial charge in [0.1, 0.15) is 11.6 Å². The maximum atomic E-state index is 14.4. The lowest BCUT2D eigenvalue weighted by molar-refractivity contribution is 0.582. The fraction of sp³-hybridized carbons (Fsp3) is 0.308. The molecule has 0 aliphatic heterocycles. The number of nitrogens with one attached hydrogen (secondary N) is 1. The van der Waals surface area contributed by atoms with Crippen LogP contribution >= 0.6 is 0 Å². The highest BCUT2D eigenvalue weighted by molar-refractivity contribution is 5.74. The summed E-state index contributed by atoms with van der Waals surface area (Å²) in [5, 5.41) is 6.47. The minimum atomic E-state index is -0.129. The predicted octanol–water partition coefficient (Wildman–Crippen LogP) is 2.68. The van der Waals surface area contributed by atoms with E-state index in [2.05, 4.69) is 10.2 Å². The van der Waals surface area contributed by atoms with Crippen LogP contribution in [0.4, 0.5) is 10.2 Å². The van der Waals surface area contributed by atoms with Crippen LogP contribution < -0.4 is 5.73 Å². The first-order valence-electron chi connectivity index (χ1n) is 5.87. The van der Waals surface area contributed by atoms with Crippen LogP contribution in [0.25, 0.3) is 11.1 Å². The van der Waals surface area contributed by atoms with Crippen LogP contribution in [0.2, 0.25) is 0 Å². The first-order valence-corrected chi connectivity index (χ1v) is 5.87. The van der Waals surface area contributed by atoms with Crippen molar-refractivity contribution in [3.63, 3.8) is 0 Å². The van der Waals surface area contributed by atoms with Gasteiger partial charge in [-0.1, -0.05) is 12.1 Å². The quantitative estimate of drug-likeness (QED) is 0.792. The van der Waals surface area contributed by atoms with E-state index in [1.54, 1.807) is 12.3 Å². The Hall–Kier alpha value is -1.84. The summed E-state index contributed by atoms with van der Waals surface area (Å²) < 4.78 is 14.4. The predicted molar refractivity (Wildman–Crippen MR) is 65.0 cm³/mol. The molecule has 1 heterocycles. The smallest absolute Gasteiger partial charge is 0.134 e. The van der Waals surface area contributed by atoms with Crippen LogP contribution in [-0.4, -0.2) is 10.2 Å². The van der Waals surface area contributed by atoms with E-state index in [-0.39, 0.29) is 5.82 Å². The summed E-state index contributed by atoms with van der Waals surface area (Å²) in [6.07, 6.45) is 5.59. The highest BCUT2D eigenvalue weighted by Crippen LogP contribution is 2.32. The van der Waals surface area contributed by atoms with E-state index in [4.69, 9.17) is 5.73 Å². The van der Waals surface area contributed by atoms with Crippen molar-refractivity contribution in [2.24, 2.45) is 0 Å². The van der Waals surface area contributed by atoms with Gasteiger partial charge in [-0.2, -0.15) is 5.10 Å². The average molecular weight is 231 g/mol. The molecule has 3 rings (SSSR count). The summed E-state index contributed by atoms with van der Waals surface area (Å²) in [5.74, 6) is 0.287. The molecule has 0 amide bonds. The lowest BCUT2D eigenvalue weighted by atomic mass is 9.89. The van der Waals surface area contributed by atoms with E-state index >= 15 is 0 Å². The van der Waals surface area contributed by atoms with Crippen LogP contribution in [0.15, 0.2) is 18.3 Å². The molecule has 0 spiro atoms. The third-order valence-corrected chi connectivity index (χ3v) is 3.42. The van der Waals surface area contributed by atoms with Gasteiger partial charge in [0.2, 0.25) is 0 Å². The molecule has 3 N–H and O–H groups in total. The number of aryl methyl sites for hydroxylation is 1. The third-order valence-electron chi connectivity index (χ3n) is 3.42. The van der Waals surface area contributed by atoms with Crippen LogP contribution in [0.3, 0.4) is 0 Å². The molecule has 17 heavy (non-hydrogen) atoms. The zero-order valence-corrected chi connectivity index (χ0v) is 9.46. The number of halogens is 1. The highest BCUT2D eigenvalue weighted by Gasteiger charge is 2.18. The second-order valence-corrected chi connectivity index (χ2v) is 4.47. The van der Waals surface area contributed by atoms with Crippen molar-refractivity contribution < 1.29 is 4.39 Å². The first kappa shape index (κ1) is 10.3. The number of hydrogen-bond donors (Lipinski definition) is 2. The summed E-state index contributed by atoms with van der Waals surface area (Å²) in [7, 11) is 0. The Labute approximate surface area is 98.8 Å². The second-order valence-electron chi connectivity index (χ2n) is 4.47. The Morgan fingerprint density at radius 1 is 1.18 bits per heavy atom. The molecule has 1 aliphatic rings. The summed E-state index contributed by atoms with van der Waals surface area (Å²) >= 11 is 0. The van der Waals surface area contributed by atoms with Crippen molar-refractivity contribution in [1.29, 1.82) is 0 Å². The molecule has 3 nitrogen and oxygen atoms in total. The van der Waals surface area contributed by atoms with Gasteiger partial charge < -0.3 is 5.73 Å². The number of rotatable bonds is 1. The normalized spacial score (nSPS) is 14.6. The van der Waals surface area contributed by atoms with Gasteiger partial charge in [0.05, 0.1) is 6.20 Å². The monoisotopic (exact) mass is 231 g/mol. The number of H-pyrrole nitrogens is 1. The molecule has 2 aromatic rings. The van der Waals surface area contributed by atoms with Crippen molar-refractivity contribution in [3.05, 3.63) is 35.3 Å². The summed E-state index contributed by atoms with van der Waals surface area (Å²) in [6, 6.07) is 3.82. The molecule has 0 atom stereocenters. The number of fused-ring (bicyclic) bond motifs is 1. The fourth-order valence-corrected chi connectivity index (χ4v) is 2.50. The van der Waals surface area contributed by atoms with Crippen molar-refractivity contribution in [1.82, 2.24) is 10.2 Å². The molecular weight excluding hydrogens is 217 g/mol. The first-order chi connectivity index (χ1) is 8.27. The van der Waals surface area contributed by atoms with Crippen LogP contribution in [0, 0.1) is 5.82 Å². The van der Waals surface area contributed by atoms with E-state index in [9.17, 15) is 4.39 Å². The Morgan fingerprint density at radius 3 is 2.76 bits per heavy atom. The van der Waals surface area contributed by atoms with E-state index < -0.39 is 0 Å². The lowest BCUT2D eigenvalue weighted by Crippen LogP contribution is -2.06. The molecule has 1 aromatic carbocycles. The number of nitrogens with two attached hydrogens (primary N) is 1. The molecule has 1 aromatic heterocycles. The zero-order valence-electron chi connectivity index (χ0n) is 9.46. The third kappa shape index (κ3) is 1.60. The molecular formula is C13H14FN3. The van der Waals surface area contributed by atoms with E-state index in [0.717, 1.165) is 36.8 Å². The number of aromatic amines is 1. The van der Waals surface area contributed by atoms with Gasteiger partial charge in [0.25, 0.3) is 0 Å². The van der Waals surface area contributed by atoms with Gasteiger partial charge in [-0.25, -0.2) is 4.39 Å². The van der Waals surface area contributed by atoms with E-state index in [0.29, 0.717) is 16.9 Å². The summed E-state index contributed by atoms with van der Waals surface area (Å²) in [4.78, 5) is 0. The SMILES string of the molecule is Nc1[nH]ncc1-c1ccc2c(c1F)CCCC2. The molecule has 0 saturated heterocycles. The van der Waals surface area contributed by atoms with Gasteiger partial charge in [-0.05, 0) is 36.8 Å². The largest absolute Gasteiger partial charge is 0.384 e. The van der Waals surface area contributed by atoms with E-state index in [1.165, 1.54) is 0 Å². The standard InChI is InChI=1S/C13H14FN3/c14-12-9-4-2-1-3-8(9)5-6-10(12)11-7-16-17-13(11)15/h5-7H,1-4H2,(H3,15,16,17). The Kier molecular flexibility index (Phi) is 2.35. The highest BCUT2D eigenvalue weighted by atomic mass is 19.1. The average Bonchev–Trinajstić information content (AvgIpc) is 2.76. The maximum absolute atomic E-state index is 14.4. The van der Waals surface area contributed by atoms with E-state index in [1.807, 2.05) is 6.07 Å². The minimum Gasteiger partial charge on any atom is -0.384 e. The van der Waals surface area contributed by atoms with Crippen molar-refractivity contribution >= 4 is 5.82 Å². The number of benzene rings is 1. The van der Waals surface area contributed by atoms with Crippen molar-refractivity contribution in [3.8, 4) is 11.1 Å². The van der Waals surface area contributed by atoms with Crippen molar-refractivity contribution in [2.45, 2.75) is 25.7 Å². The second kappa shape index (κ2) is 3.87. The van der Waals surface area contributed by atoms with Gasteiger partial charge in [-0.3, -0.25) is 5.10 Å². The van der Waals surface area contributed by atoms with Crippen molar-refractivity contribution in [2.75, 3.05) is 5.73 Å². The molecule has 0 bridgehead atoms. The van der Waals surface area contributed by atoms with Crippen LogP contribution in [0.5, 0.6) is 0 Å². The lowest BCUT2D eigenvalue weighted by Gasteiger charge is -2.17. The molecule has 0 saturated carbocycles. The van der Waals surface area contributed by atoms with Gasteiger partial charge in [0, 0.05) is 11.1 Å². The molecule has 0 fully saturated rings. The number of aromatic nitrogens is 2. The van der Waals surface area contributed by atoms with Crippen LogP contribution in [-0.2, 0) is 12.8 Å². The number of hydrogen-bond acceptors (Lipinski definition) is 2. The van der Waals surface area contributed by atoms with Gasteiger partial charge >= 0.3 is 0 Å². The summed E-state index contributed by atoms with van der Waals surface area (Å²) in [5.41, 5.74) is 8.93. The number of nitrogen functional groups attached to an aromatic ring is 1. The maximum Gasteiger partial charge on any atom is 0.134 e. The Balaban J connectivity index is 2.16. The Bertz CT molecular complexity index is 560. The van der Waals surface area contributed by atoms with Gasteiger partial charge in [-0.15, -0.1) is 0 Å². The molecule has 0 radical (unpaired) electrons. The topological polar surface area (TPSA) is 54.7 Å².